The standard InChI is InChI=1S/C24H25FN2/c1-17-8-13-23(18(2)14-17)27-24-20(15-19-9-11-22(25)12-10-19)6-4-3-5-7-21(24)16-26-27/h8-16H,3-7H2,1-2H3/b20-15+. The van der Waals surface area contributed by atoms with Crippen molar-refractivity contribution in [2.24, 2.45) is 0 Å². The second kappa shape index (κ2) is 7.51. The first-order chi connectivity index (χ1) is 13.1. The zero-order valence-electron chi connectivity index (χ0n) is 16.0. The Morgan fingerprint density at radius 3 is 2.52 bits per heavy atom. The largest absolute Gasteiger partial charge is 0.233 e. The first-order valence-electron chi connectivity index (χ1n) is 9.73. The second-order valence-corrected chi connectivity index (χ2v) is 7.50. The SMILES string of the molecule is Cc1ccc(-n2ncc3c2/C(=C/c2ccc(F)cc2)CCCCC3)c(C)c1. The first-order valence-corrected chi connectivity index (χ1v) is 9.73. The number of hydrogen-bond acceptors (Lipinski definition) is 1. The number of allylic oxidation sites excluding steroid dienone is 1. The van der Waals surface area contributed by atoms with Crippen LogP contribution in [0.3, 0.4) is 0 Å². The van der Waals surface area contributed by atoms with Gasteiger partial charge in [-0.05, 0) is 86.1 Å². The molecule has 0 aliphatic heterocycles. The summed E-state index contributed by atoms with van der Waals surface area (Å²) in [4.78, 5) is 0. The van der Waals surface area contributed by atoms with Crippen LogP contribution in [0.5, 0.6) is 0 Å². The Bertz CT molecular complexity index is 980. The number of aromatic nitrogens is 2. The van der Waals surface area contributed by atoms with E-state index in [1.165, 1.54) is 59.4 Å². The van der Waals surface area contributed by atoms with Crippen LogP contribution in [0.1, 0.15) is 53.6 Å². The maximum absolute atomic E-state index is 13.3. The van der Waals surface area contributed by atoms with Crippen molar-refractivity contribution in [3.63, 3.8) is 0 Å². The number of rotatable bonds is 2. The van der Waals surface area contributed by atoms with Gasteiger partial charge in [-0.3, -0.25) is 0 Å². The molecule has 0 saturated carbocycles. The first kappa shape index (κ1) is 17.7. The molecule has 2 aromatic carbocycles. The Labute approximate surface area is 160 Å². The van der Waals surface area contributed by atoms with Gasteiger partial charge in [0, 0.05) is 0 Å². The third-order valence-electron chi connectivity index (χ3n) is 5.33. The third kappa shape index (κ3) is 3.73. The van der Waals surface area contributed by atoms with Crippen LogP contribution in [0, 0.1) is 19.7 Å². The molecule has 0 bridgehead atoms. The molecule has 138 valence electrons. The fourth-order valence-corrected chi connectivity index (χ4v) is 3.96. The molecule has 2 nitrogen and oxygen atoms in total. The van der Waals surface area contributed by atoms with Crippen LogP contribution < -0.4 is 0 Å². The lowest BCUT2D eigenvalue weighted by molar-refractivity contribution is 0.627. The van der Waals surface area contributed by atoms with Gasteiger partial charge in [-0.2, -0.15) is 5.10 Å². The molecule has 0 amide bonds. The predicted molar refractivity (Wildman–Crippen MR) is 109 cm³/mol. The van der Waals surface area contributed by atoms with Crippen molar-refractivity contribution in [1.82, 2.24) is 9.78 Å². The molecule has 1 aliphatic carbocycles. The van der Waals surface area contributed by atoms with Crippen molar-refractivity contribution >= 4 is 11.6 Å². The van der Waals surface area contributed by atoms with Crippen molar-refractivity contribution in [2.45, 2.75) is 46.0 Å². The highest BCUT2D eigenvalue weighted by Gasteiger charge is 2.19. The van der Waals surface area contributed by atoms with Crippen LogP contribution in [0.25, 0.3) is 17.3 Å². The van der Waals surface area contributed by atoms with E-state index in [2.05, 4.69) is 42.8 Å². The van der Waals surface area contributed by atoms with Crippen molar-refractivity contribution < 1.29 is 4.39 Å². The smallest absolute Gasteiger partial charge is 0.123 e. The molecule has 0 radical (unpaired) electrons. The Morgan fingerprint density at radius 2 is 1.74 bits per heavy atom. The van der Waals surface area contributed by atoms with Gasteiger partial charge in [0.05, 0.1) is 17.6 Å². The third-order valence-corrected chi connectivity index (χ3v) is 5.33. The molecule has 0 spiro atoms. The zero-order chi connectivity index (χ0) is 18.8. The monoisotopic (exact) mass is 360 g/mol. The van der Waals surface area contributed by atoms with E-state index in [4.69, 9.17) is 5.10 Å². The molecular weight excluding hydrogens is 335 g/mol. The Morgan fingerprint density at radius 1 is 0.963 bits per heavy atom. The van der Waals surface area contributed by atoms with Gasteiger partial charge in [-0.1, -0.05) is 36.2 Å². The quantitative estimate of drug-likeness (QED) is 0.525. The zero-order valence-corrected chi connectivity index (χ0v) is 16.0. The van der Waals surface area contributed by atoms with Gasteiger partial charge in [0.2, 0.25) is 0 Å². The van der Waals surface area contributed by atoms with E-state index in [-0.39, 0.29) is 5.82 Å². The van der Waals surface area contributed by atoms with E-state index < -0.39 is 0 Å². The van der Waals surface area contributed by atoms with Crippen LogP contribution in [0.15, 0.2) is 48.7 Å². The molecule has 0 N–H and O–H groups in total. The summed E-state index contributed by atoms with van der Waals surface area (Å²) in [7, 11) is 0. The van der Waals surface area contributed by atoms with Crippen LogP contribution >= 0.6 is 0 Å². The van der Waals surface area contributed by atoms with Crippen molar-refractivity contribution in [1.29, 1.82) is 0 Å². The summed E-state index contributed by atoms with van der Waals surface area (Å²) in [5.41, 5.74) is 8.46. The highest BCUT2D eigenvalue weighted by molar-refractivity contribution is 5.82. The predicted octanol–water partition coefficient (Wildman–Crippen LogP) is 6.29. The lowest BCUT2D eigenvalue weighted by atomic mass is 9.93. The molecule has 0 fully saturated rings. The van der Waals surface area contributed by atoms with Gasteiger partial charge in [-0.15, -0.1) is 0 Å². The number of aryl methyl sites for hydroxylation is 3. The minimum Gasteiger partial charge on any atom is -0.233 e. The Hall–Kier alpha value is -2.68. The van der Waals surface area contributed by atoms with Crippen LogP contribution in [0.2, 0.25) is 0 Å². The van der Waals surface area contributed by atoms with Crippen molar-refractivity contribution in [2.75, 3.05) is 0 Å². The summed E-state index contributed by atoms with van der Waals surface area (Å²) in [5.74, 6) is -0.198. The highest BCUT2D eigenvalue weighted by atomic mass is 19.1. The topological polar surface area (TPSA) is 17.8 Å². The normalized spacial score (nSPS) is 16.0. The fourth-order valence-electron chi connectivity index (χ4n) is 3.96. The van der Waals surface area contributed by atoms with Gasteiger partial charge >= 0.3 is 0 Å². The summed E-state index contributed by atoms with van der Waals surface area (Å²) < 4.78 is 15.4. The lowest BCUT2D eigenvalue weighted by Gasteiger charge is -2.18. The molecule has 4 rings (SSSR count). The molecule has 0 saturated heterocycles. The minimum atomic E-state index is -0.198. The van der Waals surface area contributed by atoms with Gasteiger partial charge in [-0.25, -0.2) is 9.07 Å². The Kier molecular flexibility index (Phi) is 4.93. The van der Waals surface area contributed by atoms with E-state index in [1.54, 1.807) is 0 Å². The number of halogens is 1. The van der Waals surface area contributed by atoms with E-state index >= 15 is 0 Å². The van der Waals surface area contributed by atoms with Crippen LogP contribution in [-0.2, 0) is 6.42 Å². The van der Waals surface area contributed by atoms with Gasteiger partial charge in [0.1, 0.15) is 5.82 Å². The van der Waals surface area contributed by atoms with E-state index in [0.29, 0.717) is 0 Å². The molecule has 1 aliphatic rings. The molecule has 1 heterocycles. The molecule has 0 atom stereocenters. The summed E-state index contributed by atoms with van der Waals surface area (Å²) in [6, 6.07) is 13.2. The van der Waals surface area contributed by atoms with Gasteiger partial charge < -0.3 is 0 Å². The second-order valence-electron chi connectivity index (χ2n) is 7.50. The maximum atomic E-state index is 13.3. The fraction of sp³-hybridized carbons (Fsp3) is 0.292. The number of hydrogen-bond donors (Lipinski definition) is 0. The number of nitrogens with zero attached hydrogens (tertiary/aromatic N) is 2. The molecule has 3 heteroatoms. The number of fused-ring (bicyclic) bond motifs is 1. The summed E-state index contributed by atoms with van der Waals surface area (Å²) in [6.07, 6.45) is 9.90. The summed E-state index contributed by atoms with van der Waals surface area (Å²) in [6.45, 7) is 4.26. The van der Waals surface area contributed by atoms with E-state index in [9.17, 15) is 4.39 Å². The average Bonchev–Trinajstić information content (AvgIpc) is 3.03. The molecule has 27 heavy (non-hydrogen) atoms. The van der Waals surface area contributed by atoms with Gasteiger partial charge in [0.25, 0.3) is 0 Å². The highest BCUT2D eigenvalue weighted by Crippen LogP contribution is 2.33. The lowest BCUT2D eigenvalue weighted by Crippen LogP contribution is -2.07. The molecule has 3 aromatic rings. The minimum absolute atomic E-state index is 0.198. The number of benzene rings is 2. The van der Waals surface area contributed by atoms with E-state index in [1.807, 2.05) is 18.3 Å². The van der Waals surface area contributed by atoms with Crippen molar-refractivity contribution in [3.8, 4) is 5.69 Å². The maximum Gasteiger partial charge on any atom is 0.123 e. The molecule has 0 unspecified atom stereocenters. The average molecular weight is 360 g/mol. The van der Waals surface area contributed by atoms with E-state index in [0.717, 1.165) is 24.1 Å². The Balaban J connectivity index is 1.86. The van der Waals surface area contributed by atoms with Crippen LogP contribution in [0.4, 0.5) is 4.39 Å². The summed E-state index contributed by atoms with van der Waals surface area (Å²) >= 11 is 0. The summed E-state index contributed by atoms with van der Waals surface area (Å²) in [5, 5.41) is 4.76. The molecular formula is C24H25FN2. The molecule has 1 aromatic heterocycles. The van der Waals surface area contributed by atoms with Crippen LogP contribution in [-0.4, -0.2) is 9.78 Å². The van der Waals surface area contributed by atoms with Crippen molar-refractivity contribution in [3.05, 3.63) is 82.4 Å². The van der Waals surface area contributed by atoms with Gasteiger partial charge in [0.15, 0.2) is 0 Å².